The summed E-state index contributed by atoms with van der Waals surface area (Å²) in [6.45, 7) is 19.1. The number of fused-ring (bicyclic) bond motifs is 5. The van der Waals surface area contributed by atoms with Crippen LogP contribution in [0.15, 0.2) is 108 Å². The number of para-hydroxylation sites is 2. The zero-order valence-corrected chi connectivity index (χ0v) is 29.8. The fourth-order valence-electron chi connectivity index (χ4n) is 7.60. The molecule has 4 heteroatoms. The van der Waals surface area contributed by atoms with Crippen LogP contribution in [0.3, 0.4) is 0 Å². The Morgan fingerprint density at radius 2 is 1.16 bits per heavy atom. The van der Waals surface area contributed by atoms with Crippen LogP contribution < -0.4 is 26.2 Å². The summed E-state index contributed by atoms with van der Waals surface area (Å²) in [5.41, 5.74) is 14.0. The van der Waals surface area contributed by atoms with Gasteiger partial charge in [-0.3, -0.25) is 0 Å². The van der Waals surface area contributed by atoms with Crippen LogP contribution in [0.1, 0.15) is 76.0 Å². The van der Waals surface area contributed by atoms with E-state index in [1.165, 1.54) is 71.1 Å². The Morgan fingerprint density at radius 1 is 0.600 bits per heavy atom. The van der Waals surface area contributed by atoms with Gasteiger partial charge < -0.3 is 4.90 Å². The van der Waals surface area contributed by atoms with Gasteiger partial charge in [-0.05, 0) is 86.3 Å². The third-order valence-corrected chi connectivity index (χ3v) is 14.9. The maximum absolute atomic E-state index is 2.53. The second-order valence-corrected chi connectivity index (χ2v) is 19.8. The Morgan fingerprint density at radius 3 is 1.73 bits per heavy atom. The molecule has 0 N–H and O–H groups in total. The molecule has 5 aromatic rings. The predicted octanol–water partition coefficient (Wildman–Crippen LogP) is 9.54. The largest absolute Gasteiger partial charge is 0.311 e. The summed E-state index contributed by atoms with van der Waals surface area (Å²) in [7, 11) is -1.84. The molecule has 0 aromatic heterocycles. The first-order valence-corrected chi connectivity index (χ1v) is 20.5. The fourth-order valence-corrected chi connectivity index (χ4v) is 12.0. The highest BCUT2D eigenvalue weighted by Gasteiger charge is 2.39. The van der Waals surface area contributed by atoms with Gasteiger partial charge in [0.05, 0.1) is 0 Å². The monoisotopic (exact) mass is 621 g/mol. The second kappa shape index (κ2) is 11.4. The highest BCUT2D eigenvalue weighted by atomic mass is 32.2. The van der Waals surface area contributed by atoms with Crippen molar-refractivity contribution in [1.82, 2.24) is 0 Å². The average molecular weight is 622 g/mol. The first-order chi connectivity index (χ1) is 21.6. The molecule has 0 unspecified atom stereocenters. The molecule has 2 aliphatic rings. The molecule has 0 saturated heterocycles. The molecule has 0 amide bonds. The van der Waals surface area contributed by atoms with Gasteiger partial charge in [0.2, 0.25) is 0 Å². The minimum absolute atomic E-state index is 0.243. The molecule has 0 atom stereocenters. The van der Waals surface area contributed by atoms with E-state index < -0.39 is 8.07 Å². The van der Waals surface area contributed by atoms with Crippen LogP contribution in [-0.4, -0.2) is 14.1 Å². The lowest BCUT2D eigenvalue weighted by molar-refractivity contribution is 0.813. The minimum Gasteiger partial charge on any atom is -0.311 e. The smallest absolute Gasteiger partial charge is 0.282 e. The van der Waals surface area contributed by atoms with Gasteiger partial charge >= 0.3 is 0 Å². The van der Waals surface area contributed by atoms with E-state index in [0.717, 1.165) is 0 Å². The maximum atomic E-state index is 2.53. The van der Waals surface area contributed by atoms with Crippen molar-refractivity contribution in [3.8, 4) is 11.1 Å². The van der Waals surface area contributed by atoms with Gasteiger partial charge in [0.15, 0.2) is 0 Å². The molecule has 0 saturated carbocycles. The van der Waals surface area contributed by atoms with Crippen LogP contribution in [0.5, 0.6) is 0 Å². The van der Waals surface area contributed by atoms with Gasteiger partial charge in [-0.25, -0.2) is 0 Å². The number of nitrogens with zero attached hydrogens (tertiary/aromatic N) is 1. The third kappa shape index (κ3) is 4.93. The Hall–Kier alpha value is -3.47. The topological polar surface area (TPSA) is 3.24 Å². The van der Waals surface area contributed by atoms with E-state index in [0.29, 0.717) is 17.8 Å². The average Bonchev–Trinajstić information content (AvgIpc) is 3.04. The van der Waals surface area contributed by atoms with Crippen molar-refractivity contribution in [2.75, 3.05) is 4.90 Å². The summed E-state index contributed by atoms with van der Waals surface area (Å²) < 4.78 is 0. The lowest BCUT2D eigenvalue weighted by Gasteiger charge is -2.41. The Balaban J connectivity index is 1.47. The van der Waals surface area contributed by atoms with Crippen LogP contribution >= 0.6 is 11.6 Å². The second-order valence-electron chi connectivity index (χ2n) is 14.3. The standard InChI is InChI=1S/C41H44BNSSi/c1-26(2)29-23-32(27(3)4)41(33(24-29)28(5)6)42-35-22-21-30(25-34(35)31-15-9-12-18-38(31)44-42)43-36-16-10-13-19-39(36)45(7,8)40-20-14-11-17-37(40)43/h9-28H,1-8H3. The quantitative estimate of drug-likeness (QED) is 0.180. The molecule has 1 nitrogen and oxygen atoms in total. The molecule has 2 aliphatic heterocycles. The normalized spacial score (nSPS) is 14.8. The molecular formula is C41H44BNSSi. The number of anilines is 3. The van der Waals surface area contributed by atoms with Crippen LogP contribution in [0.25, 0.3) is 11.1 Å². The zero-order valence-electron chi connectivity index (χ0n) is 28.0. The van der Waals surface area contributed by atoms with Crippen LogP contribution in [0.4, 0.5) is 17.1 Å². The lowest BCUT2D eigenvalue weighted by atomic mass is 9.54. The van der Waals surface area contributed by atoms with E-state index in [1.807, 2.05) is 11.6 Å². The van der Waals surface area contributed by atoms with E-state index in [-0.39, 0.29) is 5.99 Å². The van der Waals surface area contributed by atoms with Crippen molar-refractivity contribution in [2.24, 2.45) is 0 Å². The highest BCUT2D eigenvalue weighted by Crippen LogP contribution is 2.43. The Bertz CT molecular complexity index is 1840. The van der Waals surface area contributed by atoms with Crippen molar-refractivity contribution in [1.29, 1.82) is 0 Å². The molecular weight excluding hydrogens is 577 g/mol. The summed E-state index contributed by atoms with van der Waals surface area (Å²) in [5, 5.41) is 3.01. The summed E-state index contributed by atoms with van der Waals surface area (Å²) in [4.78, 5) is 3.90. The minimum atomic E-state index is -1.84. The summed E-state index contributed by atoms with van der Waals surface area (Å²) in [5.74, 6) is 1.65. The predicted molar refractivity (Wildman–Crippen MR) is 203 cm³/mol. The number of hydrogen-bond donors (Lipinski definition) is 0. The summed E-state index contributed by atoms with van der Waals surface area (Å²) in [6.07, 6.45) is 0. The van der Waals surface area contributed by atoms with Crippen molar-refractivity contribution >= 4 is 64.0 Å². The van der Waals surface area contributed by atoms with E-state index in [9.17, 15) is 0 Å². The summed E-state index contributed by atoms with van der Waals surface area (Å²) >= 11 is 2.04. The van der Waals surface area contributed by atoms with Crippen LogP contribution in [0.2, 0.25) is 13.1 Å². The molecule has 226 valence electrons. The molecule has 5 aromatic carbocycles. The SMILES string of the molecule is CC(C)c1cc(C(C)C)c(B2Sc3ccccc3-c3cc(N4c5ccccc5[Si](C)(C)c5ccccc54)ccc32)c(C(C)C)c1. The van der Waals surface area contributed by atoms with Gasteiger partial charge in [-0.15, -0.1) is 0 Å². The van der Waals surface area contributed by atoms with Crippen molar-refractivity contribution in [3.63, 3.8) is 0 Å². The molecule has 0 bridgehead atoms. The molecule has 0 aliphatic carbocycles. The third-order valence-electron chi connectivity index (χ3n) is 10.1. The number of benzene rings is 5. The van der Waals surface area contributed by atoms with Crippen molar-refractivity contribution in [3.05, 3.63) is 120 Å². The number of hydrogen-bond acceptors (Lipinski definition) is 2. The summed E-state index contributed by atoms with van der Waals surface area (Å²) in [6, 6.07) is 39.6. The Labute approximate surface area is 276 Å². The van der Waals surface area contributed by atoms with Crippen LogP contribution in [0, 0.1) is 0 Å². The molecule has 45 heavy (non-hydrogen) atoms. The molecule has 7 rings (SSSR count). The fraction of sp³-hybridized carbons (Fsp3) is 0.268. The molecule has 0 spiro atoms. The molecule has 2 heterocycles. The molecule has 0 radical (unpaired) electrons. The number of rotatable bonds is 5. The van der Waals surface area contributed by atoms with Gasteiger partial charge in [0.1, 0.15) is 8.07 Å². The highest BCUT2D eigenvalue weighted by molar-refractivity contribution is 8.28. The Kier molecular flexibility index (Phi) is 7.65. The van der Waals surface area contributed by atoms with E-state index in [2.05, 4.69) is 163 Å². The van der Waals surface area contributed by atoms with Gasteiger partial charge in [-0.2, -0.15) is 11.6 Å². The first-order valence-electron chi connectivity index (χ1n) is 16.6. The van der Waals surface area contributed by atoms with Gasteiger partial charge in [-0.1, -0.05) is 138 Å². The molecule has 0 fully saturated rings. The van der Waals surface area contributed by atoms with E-state index in [4.69, 9.17) is 0 Å². The van der Waals surface area contributed by atoms with Crippen molar-refractivity contribution < 1.29 is 0 Å². The van der Waals surface area contributed by atoms with E-state index >= 15 is 0 Å². The zero-order chi connectivity index (χ0) is 31.6. The van der Waals surface area contributed by atoms with Crippen molar-refractivity contribution in [2.45, 2.75) is 77.3 Å². The van der Waals surface area contributed by atoms with Gasteiger partial charge in [0, 0.05) is 22.0 Å². The maximum Gasteiger partial charge on any atom is 0.282 e. The van der Waals surface area contributed by atoms with Gasteiger partial charge in [0.25, 0.3) is 5.99 Å². The lowest BCUT2D eigenvalue weighted by Crippen LogP contribution is -2.58. The van der Waals surface area contributed by atoms with E-state index in [1.54, 1.807) is 0 Å². The van der Waals surface area contributed by atoms with Crippen LogP contribution in [-0.2, 0) is 0 Å². The first kappa shape index (κ1) is 30.2.